The summed E-state index contributed by atoms with van der Waals surface area (Å²) < 4.78 is 0. The molecule has 0 aromatic heterocycles. The molecule has 2 rings (SSSR count). The third-order valence-electron chi connectivity index (χ3n) is 3.38. The topological polar surface area (TPSA) is 20.2 Å². The fourth-order valence-corrected chi connectivity index (χ4v) is 2.79. The Labute approximate surface area is 92.1 Å². The van der Waals surface area contributed by atoms with Crippen molar-refractivity contribution in [2.45, 2.75) is 45.4 Å². The number of benzene rings is 1. The van der Waals surface area contributed by atoms with Gasteiger partial charge in [-0.25, -0.2) is 0 Å². The molecule has 15 heavy (non-hydrogen) atoms. The van der Waals surface area contributed by atoms with Crippen LogP contribution in [0.5, 0.6) is 5.75 Å². The smallest absolute Gasteiger partial charge is 0.116 e. The molecular weight excluding hydrogens is 184 g/mol. The van der Waals surface area contributed by atoms with Crippen LogP contribution < -0.4 is 0 Å². The van der Waals surface area contributed by atoms with E-state index in [2.05, 4.69) is 19.9 Å². The van der Waals surface area contributed by atoms with Gasteiger partial charge in [0.15, 0.2) is 0 Å². The maximum absolute atomic E-state index is 9.66. The lowest BCUT2D eigenvalue weighted by Crippen LogP contribution is -2.03. The average Bonchev–Trinajstić information content (AvgIpc) is 2.24. The maximum Gasteiger partial charge on any atom is 0.116 e. The number of aromatic hydroxyl groups is 1. The van der Waals surface area contributed by atoms with E-state index < -0.39 is 0 Å². The summed E-state index contributed by atoms with van der Waals surface area (Å²) in [7, 11) is 0. The van der Waals surface area contributed by atoms with E-state index in [0.717, 1.165) is 12.3 Å². The number of fused-ring (bicyclic) bond motifs is 2. The van der Waals surface area contributed by atoms with Gasteiger partial charge in [0.1, 0.15) is 5.75 Å². The molecule has 2 bridgehead atoms. The Balaban J connectivity index is 2.34. The minimum atomic E-state index is 0.442. The van der Waals surface area contributed by atoms with Crippen LogP contribution in [0.2, 0.25) is 0 Å². The molecule has 1 aliphatic rings. The molecule has 1 nitrogen and oxygen atoms in total. The summed E-state index contributed by atoms with van der Waals surface area (Å²) in [6.45, 7) is 4.55. The Kier molecular flexibility index (Phi) is 2.99. The van der Waals surface area contributed by atoms with Crippen molar-refractivity contribution in [2.75, 3.05) is 0 Å². The molecule has 0 radical (unpaired) electrons. The summed E-state index contributed by atoms with van der Waals surface area (Å²) in [6.07, 6.45) is 4.85. The van der Waals surface area contributed by atoms with Gasteiger partial charge in [-0.2, -0.15) is 0 Å². The average molecular weight is 204 g/mol. The molecule has 1 aromatic rings. The van der Waals surface area contributed by atoms with Crippen molar-refractivity contribution in [3.63, 3.8) is 0 Å². The van der Waals surface area contributed by atoms with E-state index in [1.807, 2.05) is 12.1 Å². The largest absolute Gasteiger partial charge is 0.508 e. The minimum absolute atomic E-state index is 0.442. The van der Waals surface area contributed by atoms with E-state index in [1.165, 1.54) is 30.4 Å². The molecule has 1 aromatic carbocycles. The first kappa shape index (κ1) is 10.5. The summed E-state index contributed by atoms with van der Waals surface area (Å²) in [5, 5.41) is 9.66. The van der Waals surface area contributed by atoms with E-state index in [0.29, 0.717) is 11.7 Å². The third-order valence-corrected chi connectivity index (χ3v) is 3.38. The van der Waals surface area contributed by atoms with Gasteiger partial charge < -0.3 is 5.11 Å². The molecule has 82 valence electrons. The fourth-order valence-electron chi connectivity index (χ4n) is 2.79. The molecule has 0 fully saturated rings. The van der Waals surface area contributed by atoms with E-state index >= 15 is 0 Å². The van der Waals surface area contributed by atoms with Crippen molar-refractivity contribution in [1.29, 1.82) is 0 Å². The van der Waals surface area contributed by atoms with Gasteiger partial charge in [-0.3, -0.25) is 0 Å². The van der Waals surface area contributed by atoms with Crippen molar-refractivity contribution in [2.24, 2.45) is 5.92 Å². The summed E-state index contributed by atoms with van der Waals surface area (Å²) in [5.74, 6) is 1.83. The van der Waals surface area contributed by atoms with Crippen molar-refractivity contribution < 1.29 is 5.11 Å². The first-order valence-corrected chi connectivity index (χ1v) is 6.02. The van der Waals surface area contributed by atoms with E-state index in [9.17, 15) is 5.11 Å². The first-order chi connectivity index (χ1) is 7.19. The number of rotatable bonds is 2. The standard InChI is InChI=1S/C14H20O/c1-3-4-12-6-10(2)5-11-7-13(12)9-14(15)8-11/h7-10,12,15H,3-6H2,1-2H3. The third kappa shape index (κ3) is 2.34. The zero-order valence-electron chi connectivity index (χ0n) is 9.66. The van der Waals surface area contributed by atoms with E-state index in [-0.39, 0.29) is 0 Å². The van der Waals surface area contributed by atoms with Crippen molar-refractivity contribution in [3.8, 4) is 5.75 Å². The SMILES string of the molecule is CCCC1CC(C)Cc2cc(O)cc1c2. The molecule has 0 amide bonds. The normalized spacial score (nSPS) is 24.9. The predicted octanol–water partition coefficient (Wildman–Crippen LogP) is 3.86. The highest BCUT2D eigenvalue weighted by Gasteiger charge is 2.20. The zero-order chi connectivity index (χ0) is 10.8. The van der Waals surface area contributed by atoms with Gasteiger partial charge in [-0.1, -0.05) is 26.3 Å². The second-order valence-corrected chi connectivity index (χ2v) is 4.96. The van der Waals surface area contributed by atoms with Gasteiger partial charge in [-0.05, 0) is 54.4 Å². The molecule has 0 spiro atoms. The summed E-state index contributed by atoms with van der Waals surface area (Å²) >= 11 is 0. The second-order valence-electron chi connectivity index (χ2n) is 4.96. The number of phenols is 1. The summed E-state index contributed by atoms with van der Waals surface area (Å²) in [5.41, 5.74) is 2.65. The molecule has 0 heterocycles. The highest BCUT2D eigenvalue weighted by Crippen LogP contribution is 2.35. The monoisotopic (exact) mass is 204 g/mol. The zero-order valence-corrected chi connectivity index (χ0v) is 9.66. The number of phenolic OH excluding ortho intramolecular Hbond substituents is 1. The molecule has 0 aliphatic heterocycles. The van der Waals surface area contributed by atoms with Crippen molar-refractivity contribution in [1.82, 2.24) is 0 Å². The highest BCUT2D eigenvalue weighted by atomic mass is 16.3. The Morgan fingerprint density at radius 2 is 2.13 bits per heavy atom. The van der Waals surface area contributed by atoms with Gasteiger partial charge in [0, 0.05) is 0 Å². The van der Waals surface area contributed by atoms with Gasteiger partial charge >= 0.3 is 0 Å². The minimum Gasteiger partial charge on any atom is -0.508 e. The van der Waals surface area contributed by atoms with Crippen molar-refractivity contribution in [3.05, 3.63) is 29.3 Å². The fraction of sp³-hybridized carbons (Fsp3) is 0.571. The lowest BCUT2D eigenvalue weighted by atomic mass is 9.88. The number of hydrogen-bond donors (Lipinski definition) is 1. The Morgan fingerprint density at radius 1 is 1.33 bits per heavy atom. The Bertz CT molecular complexity index is 343. The Morgan fingerprint density at radius 3 is 2.87 bits per heavy atom. The lowest BCUT2D eigenvalue weighted by molar-refractivity contribution is 0.452. The molecule has 0 saturated carbocycles. The van der Waals surface area contributed by atoms with Crippen LogP contribution >= 0.6 is 0 Å². The number of hydrogen-bond acceptors (Lipinski definition) is 1. The second kappa shape index (κ2) is 4.26. The van der Waals surface area contributed by atoms with Crippen LogP contribution in [0.3, 0.4) is 0 Å². The molecule has 2 atom stereocenters. The van der Waals surface area contributed by atoms with Crippen LogP contribution in [-0.2, 0) is 6.42 Å². The molecule has 1 N–H and O–H groups in total. The van der Waals surface area contributed by atoms with Gasteiger partial charge in [0.05, 0.1) is 0 Å². The molecule has 1 heteroatoms. The molecular formula is C14H20O. The van der Waals surface area contributed by atoms with Crippen LogP contribution in [0.1, 0.15) is 50.2 Å². The summed E-state index contributed by atoms with van der Waals surface area (Å²) in [6, 6.07) is 6.14. The molecule has 2 unspecified atom stereocenters. The maximum atomic E-state index is 9.66. The Hall–Kier alpha value is -0.980. The van der Waals surface area contributed by atoms with E-state index in [4.69, 9.17) is 0 Å². The van der Waals surface area contributed by atoms with Crippen LogP contribution in [-0.4, -0.2) is 5.11 Å². The lowest BCUT2D eigenvalue weighted by Gasteiger charge is -2.17. The highest BCUT2D eigenvalue weighted by molar-refractivity contribution is 5.37. The van der Waals surface area contributed by atoms with Crippen LogP contribution in [0.25, 0.3) is 0 Å². The summed E-state index contributed by atoms with van der Waals surface area (Å²) in [4.78, 5) is 0. The van der Waals surface area contributed by atoms with Gasteiger partial charge in [-0.15, -0.1) is 0 Å². The predicted molar refractivity (Wildman–Crippen MR) is 63.2 cm³/mol. The van der Waals surface area contributed by atoms with Gasteiger partial charge in [0.25, 0.3) is 0 Å². The van der Waals surface area contributed by atoms with Crippen molar-refractivity contribution >= 4 is 0 Å². The van der Waals surface area contributed by atoms with Crippen LogP contribution in [0, 0.1) is 5.92 Å². The van der Waals surface area contributed by atoms with Gasteiger partial charge in [0.2, 0.25) is 0 Å². The molecule has 0 saturated heterocycles. The molecule has 1 aliphatic carbocycles. The quantitative estimate of drug-likeness (QED) is 0.775. The first-order valence-electron chi connectivity index (χ1n) is 6.02. The van der Waals surface area contributed by atoms with Crippen LogP contribution in [0.4, 0.5) is 0 Å². The van der Waals surface area contributed by atoms with Crippen LogP contribution in [0.15, 0.2) is 18.2 Å². The van der Waals surface area contributed by atoms with E-state index in [1.54, 1.807) is 0 Å².